The van der Waals surface area contributed by atoms with E-state index in [9.17, 15) is 19.8 Å². The van der Waals surface area contributed by atoms with E-state index in [0.717, 1.165) is 16.7 Å². The lowest BCUT2D eigenvalue weighted by molar-refractivity contribution is -0.124. The van der Waals surface area contributed by atoms with Crippen molar-refractivity contribution in [3.05, 3.63) is 51.3 Å². The Morgan fingerprint density at radius 1 is 1.19 bits per heavy atom. The highest BCUT2D eigenvalue weighted by atomic mass is 16.5. The molecule has 4 N–H and O–H groups in total. The number of esters is 1. The number of ether oxygens (including phenoxy) is 1. The molecule has 7 nitrogen and oxygen atoms in total. The van der Waals surface area contributed by atoms with Crippen molar-refractivity contribution >= 4 is 11.9 Å². The third kappa shape index (κ3) is 4.68. The number of aromatic amines is 1. The maximum atomic E-state index is 12.2. The first kappa shape index (κ1) is 20.5. The second kappa shape index (κ2) is 8.26. The van der Waals surface area contributed by atoms with Gasteiger partial charge in [0.2, 0.25) is 0 Å². The molecule has 1 aromatic heterocycles. The summed E-state index contributed by atoms with van der Waals surface area (Å²) in [4.78, 5) is 27.1. The number of aromatic nitrogens is 1. The molecule has 0 aliphatic carbocycles. The van der Waals surface area contributed by atoms with Gasteiger partial charge in [-0.25, -0.2) is 4.79 Å². The molecule has 0 radical (unpaired) electrons. The lowest BCUT2D eigenvalue weighted by Crippen LogP contribution is -2.28. The second-order valence-corrected chi connectivity index (χ2v) is 6.77. The van der Waals surface area contributed by atoms with Gasteiger partial charge >= 0.3 is 5.97 Å². The molecule has 7 heteroatoms. The van der Waals surface area contributed by atoms with Crippen LogP contribution >= 0.6 is 0 Å². The monoisotopic (exact) mass is 374 g/mol. The third-order valence-electron chi connectivity index (χ3n) is 4.49. The van der Waals surface area contributed by atoms with Crippen LogP contribution in [0.25, 0.3) is 0 Å². The van der Waals surface area contributed by atoms with E-state index in [1.165, 1.54) is 0 Å². The van der Waals surface area contributed by atoms with Gasteiger partial charge in [-0.15, -0.1) is 0 Å². The first-order valence-corrected chi connectivity index (χ1v) is 8.71. The first-order chi connectivity index (χ1) is 12.6. The number of hydrogen-bond acceptors (Lipinski definition) is 5. The molecule has 2 aromatic rings. The average Bonchev–Trinajstić information content (AvgIpc) is 2.90. The number of aliphatic hydroxyl groups excluding tert-OH is 1. The summed E-state index contributed by atoms with van der Waals surface area (Å²) >= 11 is 0. The van der Waals surface area contributed by atoms with Crippen LogP contribution in [0.4, 0.5) is 0 Å². The molecule has 0 bridgehead atoms. The van der Waals surface area contributed by atoms with Crippen LogP contribution in [0.3, 0.4) is 0 Å². The normalized spacial score (nSPS) is 11.9. The summed E-state index contributed by atoms with van der Waals surface area (Å²) in [6.45, 7) is 8.55. The molecule has 27 heavy (non-hydrogen) atoms. The summed E-state index contributed by atoms with van der Waals surface area (Å²) in [5.74, 6) is -0.829. The highest BCUT2D eigenvalue weighted by Crippen LogP contribution is 2.25. The van der Waals surface area contributed by atoms with Gasteiger partial charge in [-0.05, 0) is 56.9 Å². The van der Waals surface area contributed by atoms with E-state index in [1.54, 1.807) is 46.8 Å². The van der Waals surface area contributed by atoms with Crippen LogP contribution in [0.1, 0.15) is 57.0 Å². The molecule has 0 aliphatic rings. The third-order valence-corrected chi connectivity index (χ3v) is 4.49. The van der Waals surface area contributed by atoms with E-state index in [1.807, 2.05) is 0 Å². The first-order valence-electron chi connectivity index (χ1n) is 8.71. The molecular weight excluding hydrogens is 348 g/mol. The molecule has 1 heterocycles. The number of phenols is 1. The summed E-state index contributed by atoms with van der Waals surface area (Å²) in [6, 6.07) is 3.58. The Bertz CT molecular complexity index is 844. The van der Waals surface area contributed by atoms with Crippen molar-refractivity contribution in [2.75, 3.05) is 6.61 Å². The van der Waals surface area contributed by atoms with Gasteiger partial charge in [0.25, 0.3) is 5.91 Å². The fraction of sp³-hybridized carbons (Fsp3) is 0.400. The van der Waals surface area contributed by atoms with Crippen LogP contribution in [0.2, 0.25) is 0 Å². The van der Waals surface area contributed by atoms with E-state index < -0.39 is 24.6 Å². The van der Waals surface area contributed by atoms with Gasteiger partial charge in [-0.3, -0.25) is 4.79 Å². The van der Waals surface area contributed by atoms with E-state index in [2.05, 4.69) is 10.3 Å². The molecule has 0 unspecified atom stereocenters. The molecular formula is C20H26N2O5. The second-order valence-electron chi connectivity index (χ2n) is 6.77. The Morgan fingerprint density at radius 3 is 2.30 bits per heavy atom. The van der Waals surface area contributed by atoms with Crippen molar-refractivity contribution in [1.82, 2.24) is 10.3 Å². The Balaban J connectivity index is 1.92. The van der Waals surface area contributed by atoms with Gasteiger partial charge in [0, 0.05) is 17.8 Å². The van der Waals surface area contributed by atoms with Gasteiger partial charge in [0.05, 0.1) is 6.10 Å². The minimum Gasteiger partial charge on any atom is -0.507 e. The van der Waals surface area contributed by atoms with Gasteiger partial charge in [-0.2, -0.15) is 0 Å². The average molecular weight is 374 g/mol. The summed E-state index contributed by atoms with van der Waals surface area (Å²) in [7, 11) is 0. The van der Waals surface area contributed by atoms with Crippen LogP contribution in [0, 0.1) is 27.7 Å². The van der Waals surface area contributed by atoms with Crippen molar-refractivity contribution in [2.24, 2.45) is 0 Å². The van der Waals surface area contributed by atoms with Crippen LogP contribution in [-0.4, -0.2) is 33.7 Å². The lowest BCUT2D eigenvalue weighted by Gasteiger charge is -2.10. The highest BCUT2D eigenvalue weighted by molar-refractivity contribution is 5.91. The number of aliphatic hydroxyl groups is 1. The molecule has 0 saturated heterocycles. The number of amides is 1. The van der Waals surface area contributed by atoms with Crippen LogP contribution in [0.15, 0.2) is 12.1 Å². The molecule has 0 aliphatic heterocycles. The summed E-state index contributed by atoms with van der Waals surface area (Å²) < 4.78 is 5.07. The number of aromatic hydroxyl groups is 1. The minimum absolute atomic E-state index is 0.237. The molecule has 2 rings (SSSR count). The standard InChI is InChI=1S/C20H26N2O5/c1-10-6-15(7-11(2)19(10)25)8-21-16(24)9-27-20(26)18-12(3)17(14(5)23)13(4)22-18/h6-7,14,22-23,25H,8-9H2,1-5H3,(H,21,24)/t14-/m1/s1. The van der Waals surface area contributed by atoms with Crippen molar-refractivity contribution in [1.29, 1.82) is 0 Å². The molecule has 1 atom stereocenters. The van der Waals surface area contributed by atoms with Crippen molar-refractivity contribution in [3.63, 3.8) is 0 Å². The summed E-state index contributed by atoms with van der Waals surface area (Å²) in [5.41, 5.74) is 4.51. The van der Waals surface area contributed by atoms with Gasteiger partial charge in [0.1, 0.15) is 11.4 Å². The maximum absolute atomic E-state index is 12.2. The van der Waals surface area contributed by atoms with Gasteiger partial charge in [-0.1, -0.05) is 12.1 Å². The Morgan fingerprint density at radius 2 is 1.78 bits per heavy atom. The number of aryl methyl sites for hydroxylation is 3. The SMILES string of the molecule is Cc1cc(CNC(=O)COC(=O)c2[nH]c(C)c([C@@H](C)O)c2C)cc(C)c1O. The summed E-state index contributed by atoms with van der Waals surface area (Å²) in [5, 5.41) is 22.2. The zero-order valence-electron chi connectivity index (χ0n) is 16.3. The van der Waals surface area contributed by atoms with Crippen molar-refractivity contribution < 1.29 is 24.5 Å². The van der Waals surface area contributed by atoms with E-state index in [0.29, 0.717) is 16.8 Å². The van der Waals surface area contributed by atoms with E-state index in [4.69, 9.17) is 4.74 Å². The molecule has 1 aromatic carbocycles. The fourth-order valence-corrected chi connectivity index (χ4v) is 3.20. The van der Waals surface area contributed by atoms with Crippen LogP contribution < -0.4 is 5.32 Å². The molecule has 146 valence electrons. The molecule has 0 spiro atoms. The molecule has 0 fully saturated rings. The highest BCUT2D eigenvalue weighted by Gasteiger charge is 2.21. The Labute approximate surface area is 158 Å². The maximum Gasteiger partial charge on any atom is 0.355 e. The lowest BCUT2D eigenvalue weighted by atomic mass is 10.1. The molecule has 1 amide bonds. The fourth-order valence-electron chi connectivity index (χ4n) is 3.20. The Kier molecular flexibility index (Phi) is 6.28. The number of rotatable bonds is 6. The number of carbonyl (C=O) groups is 2. The zero-order valence-corrected chi connectivity index (χ0v) is 16.3. The van der Waals surface area contributed by atoms with Gasteiger partial charge in [0.15, 0.2) is 6.61 Å². The van der Waals surface area contributed by atoms with Crippen LogP contribution in [0.5, 0.6) is 5.75 Å². The number of nitrogens with one attached hydrogen (secondary N) is 2. The number of benzene rings is 1. The largest absolute Gasteiger partial charge is 0.507 e. The summed E-state index contributed by atoms with van der Waals surface area (Å²) in [6.07, 6.45) is -0.705. The quantitative estimate of drug-likeness (QED) is 0.581. The van der Waals surface area contributed by atoms with E-state index in [-0.39, 0.29) is 18.0 Å². The predicted octanol–water partition coefficient (Wildman–Crippen LogP) is 2.48. The van der Waals surface area contributed by atoms with Gasteiger partial charge < -0.3 is 25.3 Å². The molecule has 0 saturated carbocycles. The zero-order chi connectivity index (χ0) is 20.3. The Hall–Kier alpha value is -2.80. The predicted molar refractivity (Wildman–Crippen MR) is 101 cm³/mol. The number of H-pyrrole nitrogens is 1. The number of carbonyl (C=O) groups excluding carboxylic acids is 2. The van der Waals surface area contributed by atoms with Crippen LogP contribution in [-0.2, 0) is 16.1 Å². The minimum atomic E-state index is -0.705. The van der Waals surface area contributed by atoms with Crippen molar-refractivity contribution in [2.45, 2.75) is 47.3 Å². The van der Waals surface area contributed by atoms with Crippen molar-refractivity contribution in [3.8, 4) is 5.75 Å². The number of hydrogen-bond donors (Lipinski definition) is 4. The smallest absolute Gasteiger partial charge is 0.355 e. The van der Waals surface area contributed by atoms with E-state index >= 15 is 0 Å². The topological polar surface area (TPSA) is 112 Å². The number of phenolic OH excluding ortho intramolecular Hbond substituents is 1.